The number of benzene rings is 2. The third-order valence-electron chi connectivity index (χ3n) is 5.74. The molecule has 2 aliphatic heterocycles. The molecule has 2 aromatic rings. The fourth-order valence-electron chi connectivity index (χ4n) is 4.02. The molecule has 2 aliphatic rings. The van der Waals surface area contributed by atoms with Crippen molar-refractivity contribution < 1.29 is 13.2 Å². The second kappa shape index (κ2) is 8.16. The van der Waals surface area contributed by atoms with Gasteiger partial charge in [0.1, 0.15) is 0 Å². The number of hydrogen-bond acceptors (Lipinski definition) is 4. The van der Waals surface area contributed by atoms with E-state index in [1.54, 1.807) is 24.3 Å². The molecule has 0 aromatic heterocycles. The van der Waals surface area contributed by atoms with Gasteiger partial charge in [0, 0.05) is 50.5 Å². The summed E-state index contributed by atoms with van der Waals surface area (Å²) in [7, 11) is -3.45. The molecule has 2 aromatic carbocycles. The van der Waals surface area contributed by atoms with Crippen LogP contribution in [0.5, 0.6) is 0 Å². The number of rotatable bonds is 4. The predicted molar refractivity (Wildman–Crippen MR) is 114 cm³/mol. The van der Waals surface area contributed by atoms with Crippen molar-refractivity contribution in [2.75, 3.05) is 44.2 Å². The highest BCUT2D eigenvalue weighted by Gasteiger charge is 2.28. The summed E-state index contributed by atoms with van der Waals surface area (Å²) >= 11 is 0. The molecular weight excluding hydrogens is 386 g/mol. The molecule has 0 aliphatic carbocycles. The van der Waals surface area contributed by atoms with Gasteiger partial charge < -0.3 is 9.80 Å². The van der Waals surface area contributed by atoms with E-state index >= 15 is 0 Å². The lowest BCUT2D eigenvalue weighted by atomic mass is 10.1. The van der Waals surface area contributed by atoms with Gasteiger partial charge in [-0.05, 0) is 61.7 Å². The third-order valence-corrected chi connectivity index (χ3v) is 7.65. The summed E-state index contributed by atoms with van der Waals surface area (Å²) in [4.78, 5) is 17.3. The van der Waals surface area contributed by atoms with E-state index in [1.807, 2.05) is 4.90 Å². The zero-order valence-corrected chi connectivity index (χ0v) is 17.6. The molecule has 0 unspecified atom stereocenters. The molecule has 2 fully saturated rings. The monoisotopic (exact) mass is 413 g/mol. The van der Waals surface area contributed by atoms with Gasteiger partial charge in [0.2, 0.25) is 10.0 Å². The molecular formula is C22H27N3O3S. The van der Waals surface area contributed by atoms with Crippen molar-refractivity contribution in [3.05, 3.63) is 59.7 Å². The number of hydrogen-bond donors (Lipinski definition) is 0. The maximum absolute atomic E-state index is 12.9. The van der Waals surface area contributed by atoms with E-state index in [0.29, 0.717) is 31.7 Å². The molecule has 4 rings (SSSR count). The maximum atomic E-state index is 12.9. The van der Waals surface area contributed by atoms with Crippen LogP contribution in [0.3, 0.4) is 0 Å². The summed E-state index contributed by atoms with van der Waals surface area (Å²) in [6, 6.07) is 14.8. The van der Waals surface area contributed by atoms with Crippen molar-refractivity contribution in [1.82, 2.24) is 9.21 Å². The summed E-state index contributed by atoms with van der Waals surface area (Å²) < 4.78 is 26.8. The Morgan fingerprint density at radius 3 is 2.14 bits per heavy atom. The summed E-state index contributed by atoms with van der Waals surface area (Å²) in [5.41, 5.74) is 2.95. The second-order valence-electron chi connectivity index (χ2n) is 7.75. The van der Waals surface area contributed by atoms with E-state index in [-0.39, 0.29) is 10.8 Å². The first kappa shape index (κ1) is 19.9. The van der Waals surface area contributed by atoms with E-state index in [4.69, 9.17) is 0 Å². The average Bonchev–Trinajstić information content (AvgIpc) is 3.29. The topological polar surface area (TPSA) is 60.9 Å². The molecule has 0 N–H and O–H groups in total. The van der Waals surface area contributed by atoms with Gasteiger partial charge in [-0.25, -0.2) is 8.42 Å². The molecule has 1 amide bonds. The molecule has 0 bridgehead atoms. The highest BCUT2D eigenvalue weighted by Crippen LogP contribution is 2.22. The highest BCUT2D eigenvalue weighted by molar-refractivity contribution is 7.89. The van der Waals surface area contributed by atoms with E-state index in [9.17, 15) is 13.2 Å². The molecule has 0 radical (unpaired) electrons. The number of nitrogens with zero attached hydrogens (tertiary/aromatic N) is 3. The van der Waals surface area contributed by atoms with Crippen LogP contribution < -0.4 is 4.90 Å². The molecule has 2 saturated heterocycles. The van der Waals surface area contributed by atoms with Gasteiger partial charge in [0.05, 0.1) is 4.90 Å². The normalized spacial score (nSPS) is 18.2. The first-order valence-corrected chi connectivity index (χ1v) is 11.6. The summed E-state index contributed by atoms with van der Waals surface area (Å²) in [6.45, 7) is 6.12. The lowest BCUT2D eigenvalue weighted by Crippen LogP contribution is -2.48. The van der Waals surface area contributed by atoms with Gasteiger partial charge in [0.25, 0.3) is 5.91 Å². The largest absolute Gasteiger partial charge is 0.368 e. The Morgan fingerprint density at radius 1 is 0.862 bits per heavy atom. The Kier molecular flexibility index (Phi) is 5.61. The Bertz CT molecular complexity index is 975. The Balaban J connectivity index is 1.40. The zero-order valence-electron chi connectivity index (χ0n) is 16.8. The van der Waals surface area contributed by atoms with Gasteiger partial charge in [-0.1, -0.05) is 12.1 Å². The lowest BCUT2D eigenvalue weighted by molar-refractivity contribution is 0.0746. The van der Waals surface area contributed by atoms with Gasteiger partial charge >= 0.3 is 0 Å². The third kappa shape index (κ3) is 4.16. The van der Waals surface area contributed by atoms with Crippen molar-refractivity contribution in [2.45, 2.75) is 24.7 Å². The standard InChI is InChI=1S/C22H27N3O3S/c1-18-5-4-6-20(17-18)23-13-15-24(16-14-23)22(26)19-7-9-21(10-8-19)29(27,28)25-11-2-3-12-25/h4-10,17H,2-3,11-16H2,1H3. The number of carbonyl (C=O) groups excluding carboxylic acids is 1. The first-order chi connectivity index (χ1) is 13.9. The van der Waals surface area contributed by atoms with Crippen molar-refractivity contribution >= 4 is 21.6 Å². The SMILES string of the molecule is Cc1cccc(N2CCN(C(=O)c3ccc(S(=O)(=O)N4CCCC4)cc3)CC2)c1. The van der Waals surface area contributed by atoms with E-state index < -0.39 is 10.0 Å². The number of aryl methyl sites for hydroxylation is 1. The molecule has 0 atom stereocenters. The van der Waals surface area contributed by atoms with Crippen molar-refractivity contribution in [3.8, 4) is 0 Å². The molecule has 0 saturated carbocycles. The van der Waals surface area contributed by atoms with Crippen LogP contribution in [0.15, 0.2) is 53.4 Å². The van der Waals surface area contributed by atoms with Gasteiger partial charge in [-0.2, -0.15) is 4.31 Å². The smallest absolute Gasteiger partial charge is 0.253 e. The summed E-state index contributed by atoms with van der Waals surface area (Å²) in [5.74, 6) is -0.0426. The van der Waals surface area contributed by atoms with Crippen LogP contribution in [0.2, 0.25) is 0 Å². The number of carbonyl (C=O) groups is 1. The predicted octanol–water partition coefficient (Wildman–Crippen LogP) is 2.74. The second-order valence-corrected chi connectivity index (χ2v) is 9.69. The first-order valence-electron chi connectivity index (χ1n) is 10.2. The number of amides is 1. The lowest BCUT2D eigenvalue weighted by Gasteiger charge is -2.36. The van der Waals surface area contributed by atoms with Crippen LogP contribution in [0.25, 0.3) is 0 Å². The number of anilines is 1. The molecule has 154 valence electrons. The maximum Gasteiger partial charge on any atom is 0.253 e. The molecule has 0 spiro atoms. The van der Waals surface area contributed by atoms with Crippen molar-refractivity contribution in [1.29, 1.82) is 0 Å². The van der Waals surface area contributed by atoms with Gasteiger partial charge in [-0.15, -0.1) is 0 Å². The van der Waals surface area contributed by atoms with Gasteiger partial charge in [0.15, 0.2) is 0 Å². The Hall–Kier alpha value is -2.38. The average molecular weight is 414 g/mol. The molecule has 29 heavy (non-hydrogen) atoms. The Morgan fingerprint density at radius 2 is 1.52 bits per heavy atom. The Labute approximate surface area is 172 Å². The zero-order chi connectivity index (χ0) is 20.4. The fraction of sp³-hybridized carbons (Fsp3) is 0.409. The number of piperazine rings is 1. The minimum atomic E-state index is -3.45. The molecule has 2 heterocycles. The summed E-state index contributed by atoms with van der Waals surface area (Å²) in [5, 5.41) is 0. The van der Waals surface area contributed by atoms with Gasteiger partial charge in [-0.3, -0.25) is 4.79 Å². The summed E-state index contributed by atoms with van der Waals surface area (Å²) in [6.07, 6.45) is 1.81. The minimum absolute atomic E-state index is 0.0426. The van der Waals surface area contributed by atoms with Crippen molar-refractivity contribution in [3.63, 3.8) is 0 Å². The van der Waals surface area contributed by atoms with E-state index in [2.05, 4.69) is 36.1 Å². The van der Waals surface area contributed by atoms with Crippen LogP contribution in [-0.4, -0.2) is 62.8 Å². The quantitative estimate of drug-likeness (QED) is 0.773. The van der Waals surface area contributed by atoms with E-state index in [1.165, 1.54) is 15.6 Å². The minimum Gasteiger partial charge on any atom is -0.368 e. The molecule has 6 nitrogen and oxygen atoms in total. The van der Waals surface area contributed by atoms with Crippen LogP contribution in [-0.2, 0) is 10.0 Å². The van der Waals surface area contributed by atoms with Crippen LogP contribution in [0.4, 0.5) is 5.69 Å². The van der Waals surface area contributed by atoms with Crippen LogP contribution >= 0.6 is 0 Å². The van der Waals surface area contributed by atoms with Crippen LogP contribution in [0, 0.1) is 6.92 Å². The molecule has 7 heteroatoms. The van der Waals surface area contributed by atoms with Crippen molar-refractivity contribution in [2.24, 2.45) is 0 Å². The van der Waals surface area contributed by atoms with E-state index in [0.717, 1.165) is 25.9 Å². The van der Waals surface area contributed by atoms with Crippen LogP contribution in [0.1, 0.15) is 28.8 Å². The highest BCUT2D eigenvalue weighted by atomic mass is 32.2. The number of sulfonamides is 1. The fourth-order valence-corrected chi connectivity index (χ4v) is 5.54.